The van der Waals surface area contributed by atoms with Gasteiger partial charge in [-0.05, 0) is 25.1 Å². The standard InChI is InChI=1S/C15H26N4O4S2/c20-24(21,17-7-4-11-19-12-8-16-9-13-19)14-10-18-25(22,23)15-5-2-1-3-6-15/h1-3,5-6,16-18H,4,7-14H2. The molecule has 1 aromatic carbocycles. The highest BCUT2D eigenvalue weighted by Crippen LogP contribution is 2.06. The number of sulfonamides is 2. The lowest BCUT2D eigenvalue weighted by atomic mass is 10.3. The van der Waals surface area contributed by atoms with Crippen LogP contribution in [-0.2, 0) is 20.0 Å². The highest BCUT2D eigenvalue weighted by atomic mass is 32.2. The third kappa shape index (κ3) is 7.38. The van der Waals surface area contributed by atoms with Crippen molar-refractivity contribution in [3.05, 3.63) is 30.3 Å². The molecule has 8 nitrogen and oxygen atoms in total. The molecule has 3 N–H and O–H groups in total. The van der Waals surface area contributed by atoms with Crippen molar-refractivity contribution >= 4 is 20.0 Å². The Bertz CT molecular complexity index is 717. The normalized spacial score (nSPS) is 16.8. The molecule has 1 aromatic rings. The summed E-state index contributed by atoms with van der Waals surface area (Å²) in [4.78, 5) is 2.41. The van der Waals surface area contributed by atoms with Crippen LogP contribution in [0.4, 0.5) is 0 Å². The summed E-state index contributed by atoms with van der Waals surface area (Å²) in [6.45, 7) is 4.94. The van der Waals surface area contributed by atoms with E-state index in [1.807, 2.05) is 0 Å². The fourth-order valence-corrected chi connectivity index (χ4v) is 4.68. The van der Waals surface area contributed by atoms with Crippen LogP contribution in [0.2, 0.25) is 0 Å². The predicted octanol–water partition coefficient (Wildman–Crippen LogP) is -0.820. The van der Waals surface area contributed by atoms with E-state index in [0.29, 0.717) is 6.54 Å². The zero-order valence-electron chi connectivity index (χ0n) is 14.1. The molecule has 1 saturated heterocycles. The second-order valence-electron chi connectivity index (χ2n) is 5.87. The molecule has 1 heterocycles. The molecule has 0 radical (unpaired) electrons. The number of hydrogen-bond donors (Lipinski definition) is 3. The van der Waals surface area contributed by atoms with Crippen molar-refractivity contribution in [3.63, 3.8) is 0 Å². The van der Waals surface area contributed by atoms with Crippen LogP contribution in [-0.4, -0.2) is 73.3 Å². The molecule has 1 aliphatic rings. The molecule has 2 rings (SSSR count). The van der Waals surface area contributed by atoms with Crippen LogP contribution in [0.25, 0.3) is 0 Å². The highest BCUT2D eigenvalue weighted by Gasteiger charge is 2.16. The second kappa shape index (κ2) is 9.60. The van der Waals surface area contributed by atoms with Crippen molar-refractivity contribution in [2.75, 3.05) is 51.6 Å². The molecule has 0 unspecified atom stereocenters. The van der Waals surface area contributed by atoms with Crippen molar-refractivity contribution in [2.45, 2.75) is 11.3 Å². The van der Waals surface area contributed by atoms with Crippen molar-refractivity contribution < 1.29 is 16.8 Å². The van der Waals surface area contributed by atoms with Gasteiger partial charge in [0, 0.05) is 39.3 Å². The molecule has 0 amide bonds. The Kier molecular flexibility index (Phi) is 7.79. The van der Waals surface area contributed by atoms with E-state index < -0.39 is 20.0 Å². The molecule has 25 heavy (non-hydrogen) atoms. The van der Waals surface area contributed by atoms with Crippen LogP contribution in [0.1, 0.15) is 6.42 Å². The summed E-state index contributed by atoms with van der Waals surface area (Å²) in [6.07, 6.45) is 0.731. The van der Waals surface area contributed by atoms with Crippen molar-refractivity contribution in [2.24, 2.45) is 0 Å². The summed E-state index contributed by atoms with van der Waals surface area (Å²) in [7, 11) is -7.17. The molecule has 142 valence electrons. The van der Waals surface area contributed by atoms with Gasteiger partial charge in [-0.15, -0.1) is 0 Å². The van der Waals surface area contributed by atoms with Gasteiger partial charge in [0.25, 0.3) is 0 Å². The molecule has 0 aromatic heterocycles. The van der Waals surface area contributed by atoms with Crippen LogP contribution in [0.3, 0.4) is 0 Å². The number of hydrogen-bond acceptors (Lipinski definition) is 6. The van der Waals surface area contributed by atoms with Crippen LogP contribution >= 0.6 is 0 Å². The third-order valence-electron chi connectivity index (χ3n) is 3.90. The smallest absolute Gasteiger partial charge is 0.240 e. The lowest BCUT2D eigenvalue weighted by molar-refractivity contribution is 0.239. The van der Waals surface area contributed by atoms with E-state index in [1.165, 1.54) is 12.1 Å². The summed E-state index contributed by atoms with van der Waals surface area (Å²) in [6, 6.07) is 7.88. The molecular formula is C15H26N4O4S2. The molecule has 0 saturated carbocycles. The molecule has 0 bridgehead atoms. The van der Waals surface area contributed by atoms with Gasteiger partial charge in [0.05, 0.1) is 10.6 Å². The number of nitrogens with one attached hydrogen (secondary N) is 3. The van der Waals surface area contributed by atoms with Gasteiger partial charge in [0.1, 0.15) is 0 Å². The van der Waals surface area contributed by atoms with Crippen LogP contribution < -0.4 is 14.8 Å². The van der Waals surface area contributed by atoms with Gasteiger partial charge in [-0.2, -0.15) is 0 Å². The molecule has 1 aliphatic heterocycles. The zero-order chi connectivity index (χ0) is 18.2. The van der Waals surface area contributed by atoms with Gasteiger partial charge in [0.15, 0.2) is 0 Å². The monoisotopic (exact) mass is 390 g/mol. The zero-order valence-corrected chi connectivity index (χ0v) is 15.8. The maximum absolute atomic E-state index is 12.0. The number of benzene rings is 1. The Hall–Kier alpha value is -1.04. The molecular weight excluding hydrogens is 364 g/mol. The molecule has 1 fully saturated rings. The summed E-state index contributed by atoms with van der Waals surface area (Å²) >= 11 is 0. The summed E-state index contributed by atoms with van der Waals surface area (Å²) < 4.78 is 52.7. The molecule has 0 aliphatic carbocycles. The Labute approximate surface area is 150 Å². The summed E-state index contributed by atoms with van der Waals surface area (Å²) in [5, 5.41) is 3.27. The quantitative estimate of drug-likeness (QED) is 0.451. The van der Waals surface area contributed by atoms with Crippen molar-refractivity contribution in [1.29, 1.82) is 0 Å². The van der Waals surface area contributed by atoms with Crippen molar-refractivity contribution in [1.82, 2.24) is 19.7 Å². The minimum Gasteiger partial charge on any atom is -0.314 e. The fraction of sp³-hybridized carbons (Fsp3) is 0.600. The second-order valence-corrected chi connectivity index (χ2v) is 9.56. The molecule has 10 heteroatoms. The van der Waals surface area contributed by atoms with Gasteiger partial charge in [-0.1, -0.05) is 18.2 Å². The SMILES string of the molecule is O=S(=O)(CCNS(=O)(=O)c1ccccc1)NCCCN1CCNCC1. The Morgan fingerprint density at radius 2 is 1.64 bits per heavy atom. The van der Waals surface area contributed by atoms with Gasteiger partial charge in [-0.25, -0.2) is 26.3 Å². The number of piperazine rings is 1. The first-order valence-corrected chi connectivity index (χ1v) is 11.5. The van der Waals surface area contributed by atoms with E-state index in [9.17, 15) is 16.8 Å². The first kappa shape index (κ1) is 20.3. The first-order chi connectivity index (χ1) is 11.9. The Morgan fingerprint density at radius 3 is 2.32 bits per heavy atom. The van der Waals surface area contributed by atoms with E-state index in [4.69, 9.17) is 0 Å². The largest absolute Gasteiger partial charge is 0.314 e. The fourth-order valence-electron chi connectivity index (χ4n) is 2.53. The first-order valence-electron chi connectivity index (χ1n) is 8.34. The number of rotatable bonds is 10. The summed E-state index contributed by atoms with van der Waals surface area (Å²) in [5.74, 6) is -0.285. The maximum Gasteiger partial charge on any atom is 0.240 e. The molecule has 0 spiro atoms. The lowest BCUT2D eigenvalue weighted by Crippen LogP contribution is -2.44. The minimum absolute atomic E-state index is 0.122. The van der Waals surface area contributed by atoms with E-state index in [2.05, 4.69) is 19.7 Å². The van der Waals surface area contributed by atoms with E-state index in [-0.39, 0.29) is 17.2 Å². The van der Waals surface area contributed by atoms with Crippen LogP contribution in [0, 0.1) is 0 Å². The topological polar surface area (TPSA) is 108 Å². The lowest BCUT2D eigenvalue weighted by Gasteiger charge is -2.27. The third-order valence-corrected chi connectivity index (χ3v) is 6.76. The number of nitrogens with zero attached hydrogens (tertiary/aromatic N) is 1. The predicted molar refractivity (Wildman–Crippen MR) is 97.3 cm³/mol. The van der Waals surface area contributed by atoms with Crippen LogP contribution in [0.15, 0.2) is 35.2 Å². The van der Waals surface area contributed by atoms with E-state index in [1.54, 1.807) is 18.2 Å². The summed E-state index contributed by atoms with van der Waals surface area (Å²) in [5.41, 5.74) is 0. The van der Waals surface area contributed by atoms with E-state index in [0.717, 1.165) is 39.1 Å². The van der Waals surface area contributed by atoms with Crippen LogP contribution in [0.5, 0.6) is 0 Å². The Morgan fingerprint density at radius 1 is 0.960 bits per heavy atom. The van der Waals surface area contributed by atoms with Gasteiger partial charge in [0.2, 0.25) is 20.0 Å². The van der Waals surface area contributed by atoms with Gasteiger partial charge >= 0.3 is 0 Å². The maximum atomic E-state index is 12.0. The highest BCUT2D eigenvalue weighted by molar-refractivity contribution is 7.90. The van der Waals surface area contributed by atoms with Gasteiger partial charge in [-0.3, -0.25) is 0 Å². The van der Waals surface area contributed by atoms with Gasteiger partial charge < -0.3 is 10.2 Å². The average Bonchev–Trinajstić information content (AvgIpc) is 2.60. The average molecular weight is 391 g/mol. The minimum atomic E-state index is -3.68. The van der Waals surface area contributed by atoms with E-state index >= 15 is 0 Å². The molecule has 0 atom stereocenters. The van der Waals surface area contributed by atoms with Crippen molar-refractivity contribution in [3.8, 4) is 0 Å². The Balaban J connectivity index is 1.67.